The van der Waals surface area contributed by atoms with Crippen molar-refractivity contribution in [3.8, 4) is 22.3 Å². The monoisotopic (exact) mass is 598 g/mol. The number of hydrogen-bond donors (Lipinski definition) is 0. The Balaban J connectivity index is 1.37. The standard InChI is InChI=1S/C47H34/c1-33-16-15-23-39(32-33)47-42-26-13-11-24-40(42)46(41-25-12-14-27-43(41)47)38-30-28-37(29-31-38)45(36-21-9-4-10-22-36)44(34-17-5-2-6-18-34)35-19-7-3-8-20-35/h2-32H,1H3. The summed E-state index contributed by atoms with van der Waals surface area (Å²) in [5, 5.41) is 5.08. The lowest BCUT2D eigenvalue weighted by Gasteiger charge is -2.20. The van der Waals surface area contributed by atoms with Crippen LogP contribution in [0.1, 0.15) is 27.8 Å². The number of rotatable bonds is 6. The van der Waals surface area contributed by atoms with E-state index in [1.165, 1.54) is 82.8 Å². The molecule has 0 spiro atoms. The minimum atomic E-state index is 1.19. The van der Waals surface area contributed by atoms with Crippen LogP contribution in [0.15, 0.2) is 188 Å². The van der Waals surface area contributed by atoms with Gasteiger partial charge in [-0.3, -0.25) is 0 Å². The second-order valence-electron chi connectivity index (χ2n) is 12.1. The van der Waals surface area contributed by atoms with Gasteiger partial charge in [-0.05, 0) is 84.1 Å². The Hall–Kier alpha value is -5.98. The molecule has 0 heteroatoms. The van der Waals surface area contributed by atoms with Crippen LogP contribution < -0.4 is 0 Å². The van der Waals surface area contributed by atoms with E-state index in [1.54, 1.807) is 0 Å². The number of fused-ring (bicyclic) bond motifs is 2. The summed E-state index contributed by atoms with van der Waals surface area (Å²) in [5.74, 6) is 0. The molecule has 0 amide bonds. The zero-order chi connectivity index (χ0) is 31.6. The van der Waals surface area contributed by atoms with Gasteiger partial charge in [0.1, 0.15) is 0 Å². The summed E-state index contributed by atoms with van der Waals surface area (Å²) in [5.41, 5.74) is 13.5. The van der Waals surface area contributed by atoms with E-state index in [2.05, 4.69) is 195 Å². The van der Waals surface area contributed by atoms with Gasteiger partial charge in [0.25, 0.3) is 0 Å². The third kappa shape index (κ3) is 5.35. The smallest absolute Gasteiger partial charge is 0.00263 e. The van der Waals surface area contributed by atoms with Crippen molar-refractivity contribution in [2.24, 2.45) is 0 Å². The minimum Gasteiger partial charge on any atom is -0.0622 e. The lowest BCUT2D eigenvalue weighted by Crippen LogP contribution is -1.97. The molecule has 222 valence electrons. The van der Waals surface area contributed by atoms with Gasteiger partial charge in [0.2, 0.25) is 0 Å². The van der Waals surface area contributed by atoms with E-state index in [0.717, 1.165) is 0 Å². The summed E-state index contributed by atoms with van der Waals surface area (Å²) >= 11 is 0. The molecule has 0 atom stereocenters. The second kappa shape index (κ2) is 12.4. The Morgan fingerprint density at radius 3 is 1.06 bits per heavy atom. The molecule has 0 bridgehead atoms. The molecular formula is C47H34. The molecule has 0 saturated heterocycles. The Morgan fingerprint density at radius 1 is 0.298 bits per heavy atom. The highest BCUT2D eigenvalue weighted by Gasteiger charge is 2.19. The first-order valence-corrected chi connectivity index (χ1v) is 16.3. The first kappa shape index (κ1) is 28.5. The van der Waals surface area contributed by atoms with Crippen LogP contribution in [0.3, 0.4) is 0 Å². The summed E-state index contributed by atoms with van der Waals surface area (Å²) in [7, 11) is 0. The molecule has 0 aliphatic heterocycles. The maximum Gasteiger partial charge on any atom is -0.00263 e. The van der Waals surface area contributed by atoms with E-state index in [9.17, 15) is 0 Å². The Kier molecular flexibility index (Phi) is 7.53. The van der Waals surface area contributed by atoms with Crippen LogP contribution in [0.5, 0.6) is 0 Å². The van der Waals surface area contributed by atoms with Gasteiger partial charge in [-0.1, -0.05) is 194 Å². The third-order valence-electron chi connectivity index (χ3n) is 9.14. The molecule has 0 aliphatic rings. The number of aryl methyl sites for hydroxylation is 1. The fourth-order valence-electron chi connectivity index (χ4n) is 7.08. The molecule has 8 rings (SSSR count). The van der Waals surface area contributed by atoms with Gasteiger partial charge >= 0.3 is 0 Å². The van der Waals surface area contributed by atoms with Crippen molar-refractivity contribution in [3.05, 3.63) is 216 Å². The van der Waals surface area contributed by atoms with Gasteiger partial charge < -0.3 is 0 Å². The van der Waals surface area contributed by atoms with Crippen LogP contribution in [0.2, 0.25) is 0 Å². The predicted molar refractivity (Wildman–Crippen MR) is 201 cm³/mol. The average molecular weight is 599 g/mol. The summed E-state index contributed by atoms with van der Waals surface area (Å²) in [4.78, 5) is 0. The summed E-state index contributed by atoms with van der Waals surface area (Å²) < 4.78 is 0. The van der Waals surface area contributed by atoms with E-state index in [1.807, 2.05) is 0 Å². The molecule has 0 saturated carbocycles. The topological polar surface area (TPSA) is 0 Å². The van der Waals surface area contributed by atoms with Crippen molar-refractivity contribution in [2.45, 2.75) is 6.92 Å². The lowest BCUT2D eigenvalue weighted by molar-refractivity contribution is 1.47. The fourth-order valence-corrected chi connectivity index (χ4v) is 7.08. The van der Waals surface area contributed by atoms with Crippen LogP contribution >= 0.6 is 0 Å². The van der Waals surface area contributed by atoms with Crippen molar-refractivity contribution < 1.29 is 0 Å². The van der Waals surface area contributed by atoms with Crippen LogP contribution in [-0.2, 0) is 0 Å². The van der Waals surface area contributed by atoms with Crippen molar-refractivity contribution in [2.75, 3.05) is 0 Å². The quantitative estimate of drug-likeness (QED) is 0.132. The van der Waals surface area contributed by atoms with Crippen molar-refractivity contribution in [1.29, 1.82) is 0 Å². The van der Waals surface area contributed by atoms with Crippen molar-refractivity contribution in [1.82, 2.24) is 0 Å². The van der Waals surface area contributed by atoms with Gasteiger partial charge in [-0.15, -0.1) is 0 Å². The minimum absolute atomic E-state index is 1.19. The average Bonchev–Trinajstić information content (AvgIpc) is 3.14. The van der Waals surface area contributed by atoms with Crippen molar-refractivity contribution in [3.63, 3.8) is 0 Å². The summed E-state index contributed by atoms with van der Waals surface area (Å²) in [6.45, 7) is 2.17. The molecule has 0 aliphatic carbocycles. The molecule has 0 radical (unpaired) electrons. The molecule has 47 heavy (non-hydrogen) atoms. The van der Waals surface area contributed by atoms with Gasteiger partial charge in [0.05, 0.1) is 0 Å². The largest absolute Gasteiger partial charge is 0.0622 e. The predicted octanol–water partition coefficient (Wildman–Crippen LogP) is 12.6. The van der Waals surface area contributed by atoms with E-state index < -0.39 is 0 Å². The molecule has 0 nitrogen and oxygen atoms in total. The lowest BCUT2D eigenvalue weighted by atomic mass is 9.84. The Morgan fingerprint density at radius 2 is 0.660 bits per heavy atom. The van der Waals surface area contributed by atoms with Gasteiger partial charge in [-0.2, -0.15) is 0 Å². The Bertz CT molecular complexity index is 2260. The third-order valence-corrected chi connectivity index (χ3v) is 9.14. The second-order valence-corrected chi connectivity index (χ2v) is 12.1. The highest BCUT2D eigenvalue weighted by atomic mass is 14.2. The molecule has 0 aromatic heterocycles. The summed E-state index contributed by atoms with van der Waals surface area (Å²) in [6.07, 6.45) is 0. The fraction of sp³-hybridized carbons (Fsp3) is 0.0213. The van der Waals surface area contributed by atoms with E-state index in [4.69, 9.17) is 0 Å². The normalized spacial score (nSPS) is 11.1. The number of benzene rings is 8. The molecule has 0 unspecified atom stereocenters. The van der Waals surface area contributed by atoms with Gasteiger partial charge in [-0.25, -0.2) is 0 Å². The first-order chi connectivity index (χ1) is 23.3. The Labute approximate surface area is 276 Å². The molecule has 0 heterocycles. The molecule has 8 aromatic rings. The van der Waals surface area contributed by atoms with Crippen LogP contribution in [0.25, 0.3) is 54.9 Å². The van der Waals surface area contributed by atoms with Gasteiger partial charge in [0, 0.05) is 0 Å². The maximum absolute atomic E-state index is 2.31. The van der Waals surface area contributed by atoms with Crippen LogP contribution in [-0.4, -0.2) is 0 Å². The van der Waals surface area contributed by atoms with E-state index in [0.29, 0.717) is 0 Å². The van der Waals surface area contributed by atoms with Crippen LogP contribution in [0, 0.1) is 6.92 Å². The molecular weight excluding hydrogens is 565 g/mol. The van der Waals surface area contributed by atoms with E-state index >= 15 is 0 Å². The molecule has 0 fully saturated rings. The summed E-state index contributed by atoms with van der Waals surface area (Å²) in [6, 6.07) is 68.2. The highest BCUT2D eigenvalue weighted by molar-refractivity contribution is 6.21. The zero-order valence-electron chi connectivity index (χ0n) is 26.4. The SMILES string of the molecule is Cc1cccc(-c2c3ccccc3c(-c3ccc(C(=C(c4ccccc4)c4ccccc4)c4ccccc4)cc3)c3ccccc23)c1. The molecule has 8 aromatic carbocycles. The van der Waals surface area contributed by atoms with E-state index in [-0.39, 0.29) is 0 Å². The molecule has 0 N–H and O–H groups in total. The highest BCUT2D eigenvalue weighted by Crippen LogP contribution is 2.44. The zero-order valence-corrected chi connectivity index (χ0v) is 26.4. The maximum atomic E-state index is 2.31. The van der Waals surface area contributed by atoms with Crippen LogP contribution in [0.4, 0.5) is 0 Å². The number of hydrogen-bond acceptors (Lipinski definition) is 0. The van der Waals surface area contributed by atoms with Gasteiger partial charge in [0.15, 0.2) is 0 Å². The van der Waals surface area contributed by atoms with Crippen molar-refractivity contribution >= 4 is 32.7 Å². The first-order valence-electron chi connectivity index (χ1n) is 16.3.